The molecule has 0 aromatic rings. The minimum absolute atomic E-state index is 0.0108. The fourth-order valence-electron chi connectivity index (χ4n) is 8.96. The summed E-state index contributed by atoms with van der Waals surface area (Å²) in [7, 11) is 0. The van der Waals surface area contributed by atoms with Crippen molar-refractivity contribution in [1.29, 1.82) is 0 Å². The molecule has 1 heterocycles. The molecule has 1 spiro atoms. The lowest BCUT2D eigenvalue weighted by molar-refractivity contribution is -0.311. The SMILES string of the molecule is CC1(C)CC2(C1)C[C@]13CC[C@@H]4C(=CC[C@]5(C)[C@@H](O)CC[C@@H]45)[C@@]1(CC2(O)O)O3. The van der Waals surface area contributed by atoms with Gasteiger partial charge < -0.3 is 20.1 Å². The first-order valence-corrected chi connectivity index (χ1v) is 11.0. The van der Waals surface area contributed by atoms with Gasteiger partial charge in [-0.1, -0.05) is 26.8 Å². The third kappa shape index (κ3) is 1.81. The third-order valence-corrected chi connectivity index (χ3v) is 10.00. The maximum Gasteiger partial charge on any atom is 0.171 e. The van der Waals surface area contributed by atoms with Crippen LogP contribution in [0.25, 0.3) is 0 Å². The highest BCUT2D eigenvalue weighted by molar-refractivity contribution is 5.45. The molecule has 4 nitrogen and oxygen atoms in total. The van der Waals surface area contributed by atoms with Gasteiger partial charge in [-0.15, -0.1) is 0 Å². The van der Waals surface area contributed by atoms with Crippen LogP contribution in [0.5, 0.6) is 0 Å². The van der Waals surface area contributed by atoms with Crippen LogP contribution >= 0.6 is 0 Å². The standard InChI is InChI=1S/C23H34O4/c1-18(2)10-20(11-18)12-21-9-6-14-15-4-5-17(24)19(15,3)8-7-16(14)22(21,27-21)13-23(20,25)26/h7,14-15,17,24-26H,4-6,8-13H2,1-3H3/t14-,15-,17-,19-,21+,22+/m0/s1. The smallest absolute Gasteiger partial charge is 0.171 e. The second-order valence-corrected chi connectivity index (χ2v) is 12.1. The van der Waals surface area contributed by atoms with Crippen LogP contribution in [0.4, 0.5) is 0 Å². The fourth-order valence-corrected chi connectivity index (χ4v) is 8.96. The van der Waals surface area contributed by atoms with E-state index in [2.05, 4.69) is 26.8 Å². The molecule has 6 aliphatic rings. The van der Waals surface area contributed by atoms with E-state index in [-0.39, 0.29) is 22.5 Å². The van der Waals surface area contributed by atoms with E-state index < -0.39 is 16.8 Å². The van der Waals surface area contributed by atoms with Crippen molar-refractivity contribution in [2.45, 2.75) is 102 Å². The van der Waals surface area contributed by atoms with Crippen molar-refractivity contribution in [3.63, 3.8) is 0 Å². The fraction of sp³-hybridized carbons (Fsp3) is 0.913. The van der Waals surface area contributed by atoms with Crippen LogP contribution in [-0.4, -0.2) is 38.4 Å². The summed E-state index contributed by atoms with van der Waals surface area (Å²) in [4.78, 5) is 0. The van der Waals surface area contributed by atoms with Crippen molar-refractivity contribution in [1.82, 2.24) is 0 Å². The molecule has 1 saturated heterocycles. The molecule has 0 radical (unpaired) electrons. The van der Waals surface area contributed by atoms with Crippen LogP contribution in [0.3, 0.4) is 0 Å². The van der Waals surface area contributed by atoms with E-state index in [4.69, 9.17) is 4.74 Å². The summed E-state index contributed by atoms with van der Waals surface area (Å²) in [6, 6.07) is 0. The van der Waals surface area contributed by atoms with Gasteiger partial charge in [0.25, 0.3) is 0 Å². The zero-order chi connectivity index (χ0) is 19.1. The molecule has 0 amide bonds. The Balaban J connectivity index is 1.37. The van der Waals surface area contributed by atoms with Crippen molar-refractivity contribution >= 4 is 0 Å². The molecular weight excluding hydrogens is 340 g/mol. The van der Waals surface area contributed by atoms with Gasteiger partial charge in [0.15, 0.2) is 5.79 Å². The summed E-state index contributed by atoms with van der Waals surface area (Å²) < 4.78 is 6.58. The topological polar surface area (TPSA) is 73.2 Å². The minimum Gasteiger partial charge on any atom is -0.393 e. The summed E-state index contributed by atoms with van der Waals surface area (Å²) >= 11 is 0. The third-order valence-electron chi connectivity index (χ3n) is 10.00. The molecule has 0 unspecified atom stereocenters. The van der Waals surface area contributed by atoms with Crippen LogP contribution in [0.15, 0.2) is 11.6 Å². The van der Waals surface area contributed by atoms with Gasteiger partial charge >= 0.3 is 0 Å². The summed E-state index contributed by atoms with van der Waals surface area (Å²) in [5, 5.41) is 32.9. The highest BCUT2D eigenvalue weighted by Gasteiger charge is 2.84. The van der Waals surface area contributed by atoms with Crippen LogP contribution in [0, 0.1) is 28.1 Å². The lowest BCUT2D eigenvalue weighted by Crippen LogP contribution is -2.66. The average molecular weight is 375 g/mol. The average Bonchev–Trinajstić information content (AvgIpc) is 3.08. The summed E-state index contributed by atoms with van der Waals surface area (Å²) in [6.07, 6.45) is 10.1. The molecule has 150 valence electrons. The van der Waals surface area contributed by atoms with Crippen LogP contribution in [-0.2, 0) is 4.74 Å². The molecule has 6 atom stereocenters. The second-order valence-electron chi connectivity index (χ2n) is 12.1. The van der Waals surface area contributed by atoms with Crippen LogP contribution in [0.1, 0.15) is 78.6 Å². The zero-order valence-electron chi connectivity index (χ0n) is 16.9. The summed E-state index contributed by atoms with van der Waals surface area (Å²) in [5.41, 5.74) is 0.544. The van der Waals surface area contributed by atoms with Gasteiger partial charge in [-0.05, 0) is 74.2 Å². The molecule has 4 heteroatoms. The number of allylic oxidation sites excluding steroid dienone is 1. The van der Waals surface area contributed by atoms with E-state index in [0.29, 0.717) is 18.3 Å². The van der Waals surface area contributed by atoms with Crippen molar-refractivity contribution < 1.29 is 20.1 Å². The first kappa shape index (κ1) is 17.4. The highest BCUT2D eigenvalue weighted by atomic mass is 16.6. The Labute approximate surface area is 162 Å². The van der Waals surface area contributed by atoms with E-state index in [9.17, 15) is 15.3 Å². The van der Waals surface area contributed by atoms with E-state index in [1.54, 1.807) is 0 Å². The molecule has 0 aromatic heterocycles. The lowest BCUT2D eigenvalue weighted by atomic mass is 9.42. The minimum atomic E-state index is -1.64. The van der Waals surface area contributed by atoms with Gasteiger partial charge in [-0.25, -0.2) is 0 Å². The van der Waals surface area contributed by atoms with Gasteiger partial charge in [-0.2, -0.15) is 0 Å². The normalized spacial score (nSPS) is 55.5. The lowest BCUT2D eigenvalue weighted by Gasteiger charge is -2.63. The van der Waals surface area contributed by atoms with Crippen LogP contribution in [0.2, 0.25) is 0 Å². The Morgan fingerprint density at radius 3 is 2.44 bits per heavy atom. The number of hydrogen-bond donors (Lipinski definition) is 3. The molecule has 27 heavy (non-hydrogen) atoms. The predicted molar refractivity (Wildman–Crippen MR) is 101 cm³/mol. The van der Waals surface area contributed by atoms with E-state index in [0.717, 1.165) is 51.4 Å². The molecule has 3 N–H and O–H groups in total. The molecule has 6 rings (SSSR count). The zero-order valence-corrected chi connectivity index (χ0v) is 16.9. The second kappa shape index (κ2) is 4.50. The molecule has 0 aromatic carbocycles. The number of epoxide rings is 1. The maximum atomic E-state index is 11.2. The molecule has 5 aliphatic carbocycles. The van der Waals surface area contributed by atoms with Gasteiger partial charge in [0, 0.05) is 17.3 Å². The predicted octanol–water partition coefficient (Wildman–Crippen LogP) is 3.29. The Hall–Kier alpha value is -0.420. The van der Waals surface area contributed by atoms with Gasteiger partial charge in [0.05, 0.1) is 6.10 Å². The quantitative estimate of drug-likeness (QED) is 0.346. The van der Waals surface area contributed by atoms with Crippen molar-refractivity contribution in [3.8, 4) is 0 Å². The van der Waals surface area contributed by atoms with E-state index >= 15 is 0 Å². The first-order valence-electron chi connectivity index (χ1n) is 11.0. The van der Waals surface area contributed by atoms with Crippen LogP contribution < -0.4 is 0 Å². The Morgan fingerprint density at radius 1 is 1.00 bits per heavy atom. The number of aliphatic hydroxyl groups is 3. The molecule has 1 aliphatic heterocycles. The van der Waals surface area contributed by atoms with E-state index in [1.807, 2.05) is 0 Å². The number of ether oxygens (including phenoxy) is 1. The first-order chi connectivity index (χ1) is 12.5. The molecule has 0 bridgehead atoms. The van der Waals surface area contributed by atoms with Gasteiger partial charge in [-0.3, -0.25) is 0 Å². The summed E-state index contributed by atoms with van der Waals surface area (Å²) in [6.45, 7) is 6.72. The molecule has 4 saturated carbocycles. The molecular formula is C23H34O4. The van der Waals surface area contributed by atoms with Gasteiger partial charge in [0.2, 0.25) is 0 Å². The van der Waals surface area contributed by atoms with Crippen molar-refractivity contribution in [2.24, 2.45) is 28.1 Å². The maximum absolute atomic E-state index is 11.2. The highest BCUT2D eigenvalue weighted by Crippen LogP contribution is 2.79. The van der Waals surface area contributed by atoms with E-state index in [1.165, 1.54) is 5.57 Å². The molecule has 5 fully saturated rings. The largest absolute Gasteiger partial charge is 0.393 e. The Morgan fingerprint density at radius 2 is 1.74 bits per heavy atom. The number of aliphatic hydroxyl groups excluding tert-OH is 1. The number of hydrogen-bond acceptors (Lipinski definition) is 4. The monoisotopic (exact) mass is 374 g/mol. The van der Waals surface area contributed by atoms with Crippen molar-refractivity contribution in [2.75, 3.05) is 0 Å². The number of fused-ring (bicyclic) bond motifs is 3. The Bertz CT molecular complexity index is 745. The summed E-state index contributed by atoms with van der Waals surface area (Å²) in [5.74, 6) is -0.685. The van der Waals surface area contributed by atoms with Gasteiger partial charge in [0.1, 0.15) is 11.2 Å². The van der Waals surface area contributed by atoms with Crippen molar-refractivity contribution in [3.05, 3.63) is 11.6 Å². The number of rotatable bonds is 0. The Kier molecular flexibility index (Phi) is 2.91.